The van der Waals surface area contributed by atoms with Gasteiger partial charge in [0.15, 0.2) is 0 Å². The molecule has 0 aliphatic rings. The second-order valence-electron chi connectivity index (χ2n) is 4.66. The Morgan fingerprint density at radius 1 is 1.20 bits per heavy atom. The number of carboxylic acids is 1. The molecule has 1 heterocycles. The first-order valence-electron chi connectivity index (χ1n) is 6.26. The van der Waals surface area contributed by atoms with Crippen molar-refractivity contribution in [1.82, 2.24) is 4.98 Å². The normalized spacial score (nSPS) is 10.1. The molecular weight excluding hydrogens is 254 g/mol. The second-order valence-corrected chi connectivity index (χ2v) is 4.66. The van der Waals surface area contributed by atoms with Gasteiger partial charge in [0.05, 0.1) is 17.4 Å². The first kappa shape index (κ1) is 13.9. The molecule has 0 aliphatic heterocycles. The summed E-state index contributed by atoms with van der Waals surface area (Å²) in [6.07, 6.45) is 1.78. The SMILES string of the molecule is CN(C)c1ccc(NCc2ccc(C(=O)O)cc2)cn1. The van der Waals surface area contributed by atoms with Crippen LogP contribution in [0.25, 0.3) is 0 Å². The second kappa shape index (κ2) is 6.06. The van der Waals surface area contributed by atoms with Crippen molar-refractivity contribution in [1.29, 1.82) is 0 Å². The third-order valence-corrected chi connectivity index (χ3v) is 2.90. The molecule has 0 bridgehead atoms. The summed E-state index contributed by atoms with van der Waals surface area (Å²) < 4.78 is 0. The Labute approximate surface area is 117 Å². The number of nitrogens with zero attached hydrogens (tertiary/aromatic N) is 2. The van der Waals surface area contributed by atoms with Crippen LogP contribution in [0.1, 0.15) is 15.9 Å². The molecule has 5 nitrogen and oxygen atoms in total. The van der Waals surface area contributed by atoms with Gasteiger partial charge in [0.25, 0.3) is 0 Å². The zero-order valence-corrected chi connectivity index (χ0v) is 11.5. The smallest absolute Gasteiger partial charge is 0.335 e. The molecule has 2 rings (SSSR count). The van der Waals surface area contributed by atoms with Gasteiger partial charge in [-0.1, -0.05) is 12.1 Å². The fourth-order valence-corrected chi connectivity index (χ4v) is 1.72. The van der Waals surface area contributed by atoms with Gasteiger partial charge in [-0.05, 0) is 29.8 Å². The van der Waals surface area contributed by atoms with Gasteiger partial charge in [-0.3, -0.25) is 0 Å². The van der Waals surface area contributed by atoms with Gasteiger partial charge < -0.3 is 15.3 Å². The molecule has 2 aromatic rings. The predicted molar refractivity (Wildman–Crippen MR) is 79.3 cm³/mol. The summed E-state index contributed by atoms with van der Waals surface area (Å²) in [4.78, 5) is 17.0. The third kappa shape index (κ3) is 3.47. The first-order chi connectivity index (χ1) is 9.56. The largest absolute Gasteiger partial charge is 0.478 e. The molecule has 0 spiro atoms. The van der Waals surface area contributed by atoms with E-state index in [0.29, 0.717) is 12.1 Å². The molecule has 0 radical (unpaired) electrons. The maximum absolute atomic E-state index is 10.8. The number of aromatic nitrogens is 1. The van der Waals surface area contributed by atoms with Crippen molar-refractivity contribution < 1.29 is 9.90 Å². The summed E-state index contributed by atoms with van der Waals surface area (Å²) in [7, 11) is 3.89. The fourth-order valence-electron chi connectivity index (χ4n) is 1.72. The Hall–Kier alpha value is -2.56. The van der Waals surface area contributed by atoms with E-state index in [2.05, 4.69) is 10.3 Å². The average molecular weight is 271 g/mol. The van der Waals surface area contributed by atoms with Gasteiger partial charge in [0.1, 0.15) is 5.82 Å². The quantitative estimate of drug-likeness (QED) is 0.874. The molecule has 0 aliphatic carbocycles. The van der Waals surface area contributed by atoms with E-state index in [1.807, 2.05) is 31.1 Å². The van der Waals surface area contributed by atoms with Crippen LogP contribution in [-0.2, 0) is 6.54 Å². The van der Waals surface area contributed by atoms with E-state index < -0.39 is 5.97 Å². The minimum Gasteiger partial charge on any atom is -0.478 e. The Morgan fingerprint density at radius 3 is 2.40 bits per heavy atom. The number of benzene rings is 1. The number of hydrogen-bond acceptors (Lipinski definition) is 4. The lowest BCUT2D eigenvalue weighted by Gasteiger charge is -2.12. The molecule has 0 unspecified atom stereocenters. The van der Waals surface area contributed by atoms with Crippen molar-refractivity contribution in [2.24, 2.45) is 0 Å². The monoisotopic (exact) mass is 271 g/mol. The van der Waals surface area contributed by atoms with Gasteiger partial charge in [0.2, 0.25) is 0 Å². The van der Waals surface area contributed by atoms with Crippen LogP contribution in [0.2, 0.25) is 0 Å². The van der Waals surface area contributed by atoms with Crippen molar-refractivity contribution in [2.45, 2.75) is 6.54 Å². The van der Waals surface area contributed by atoms with Crippen LogP contribution in [0.3, 0.4) is 0 Å². The van der Waals surface area contributed by atoms with E-state index in [0.717, 1.165) is 17.1 Å². The highest BCUT2D eigenvalue weighted by atomic mass is 16.4. The van der Waals surface area contributed by atoms with Crippen molar-refractivity contribution in [3.05, 3.63) is 53.7 Å². The molecular formula is C15H17N3O2. The minimum atomic E-state index is -0.909. The van der Waals surface area contributed by atoms with Crippen LogP contribution in [0.5, 0.6) is 0 Å². The van der Waals surface area contributed by atoms with Gasteiger partial charge in [0, 0.05) is 20.6 Å². The van der Waals surface area contributed by atoms with E-state index in [9.17, 15) is 4.79 Å². The van der Waals surface area contributed by atoms with Crippen LogP contribution < -0.4 is 10.2 Å². The number of aromatic carboxylic acids is 1. The summed E-state index contributed by atoms with van der Waals surface area (Å²) in [5.41, 5.74) is 2.25. The first-order valence-corrected chi connectivity index (χ1v) is 6.26. The molecule has 5 heteroatoms. The Kier molecular flexibility index (Phi) is 4.20. The minimum absolute atomic E-state index is 0.297. The lowest BCUT2D eigenvalue weighted by Crippen LogP contribution is -2.10. The lowest BCUT2D eigenvalue weighted by atomic mass is 10.1. The van der Waals surface area contributed by atoms with Crippen molar-refractivity contribution in [3.63, 3.8) is 0 Å². The van der Waals surface area contributed by atoms with Crippen LogP contribution in [0.4, 0.5) is 11.5 Å². The fraction of sp³-hybridized carbons (Fsp3) is 0.200. The van der Waals surface area contributed by atoms with Gasteiger partial charge >= 0.3 is 5.97 Å². The Morgan fingerprint density at radius 2 is 1.90 bits per heavy atom. The molecule has 0 saturated heterocycles. The van der Waals surface area contributed by atoms with E-state index in [-0.39, 0.29) is 0 Å². The average Bonchev–Trinajstić information content (AvgIpc) is 2.46. The highest BCUT2D eigenvalue weighted by Gasteiger charge is 2.02. The molecule has 104 valence electrons. The number of nitrogens with one attached hydrogen (secondary N) is 1. The topological polar surface area (TPSA) is 65.5 Å². The zero-order chi connectivity index (χ0) is 14.5. The maximum Gasteiger partial charge on any atom is 0.335 e. The van der Waals surface area contributed by atoms with Crippen molar-refractivity contribution in [3.8, 4) is 0 Å². The maximum atomic E-state index is 10.8. The molecule has 0 atom stereocenters. The number of rotatable bonds is 5. The standard InChI is InChI=1S/C15H17N3O2/c1-18(2)14-8-7-13(10-17-14)16-9-11-3-5-12(6-4-11)15(19)20/h3-8,10,16H,9H2,1-2H3,(H,19,20). The molecule has 0 fully saturated rings. The predicted octanol–water partition coefficient (Wildman–Crippen LogP) is 2.46. The zero-order valence-electron chi connectivity index (χ0n) is 11.5. The number of anilines is 2. The summed E-state index contributed by atoms with van der Waals surface area (Å²) >= 11 is 0. The van der Waals surface area contributed by atoms with Crippen LogP contribution in [-0.4, -0.2) is 30.2 Å². The van der Waals surface area contributed by atoms with Crippen molar-refractivity contribution in [2.75, 3.05) is 24.3 Å². The van der Waals surface area contributed by atoms with E-state index in [1.54, 1.807) is 30.5 Å². The van der Waals surface area contributed by atoms with Crippen molar-refractivity contribution >= 4 is 17.5 Å². The number of pyridine rings is 1. The van der Waals surface area contributed by atoms with Crippen LogP contribution >= 0.6 is 0 Å². The van der Waals surface area contributed by atoms with Gasteiger partial charge in [-0.15, -0.1) is 0 Å². The van der Waals surface area contributed by atoms with E-state index in [4.69, 9.17) is 5.11 Å². The molecule has 1 aromatic heterocycles. The summed E-state index contributed by atoms with van der Waals surface area (Å²) in [6, 6.07) is 10.7. The summed E-state index contributed by atoms with van der Waals surface area (Å²) in [5.74, 6) is -0.00524. The van der Waals surface area contributed by atoms with Crippen LogP contribution in [0, 0.1) is 0 Å². The molecule has 1 aromatic carbocycles. The molecule has 0 saturated carbocycles. The highest BCUT2D eigenvalue weighted by molar-refractivity contribution is 5.87. The van der Waals surface area contributed by atoms with Gasteiger partial charge in [-0.2, -0.15) is 0 Å². The lowest BCUT2D eigenvalue weighted by molar-refractivity contribution is 0.0697. The van der Waals surface area contributed by atoms with Crippen LogP contribution in [0.15, 0.2) is 42.6 Å². The summed E-state index contributed by atoms with van der Waals surface area (Å²) in [6.45, 7) is 0.628. The van der Waals surface area contributed by atoms with E-state index in [1.165, 1.54) is 0 Å². The number of hydrogen-bond donors (Lipinski definition) is 2. The molecule has 20 heavy (non-hydrogen) atoms. The highest BCUT2D eigenvalue weighted by Crippen LogP contribution is 2.13. The van der Waals surface area contributed by atoms with E-state index >= 15 is 0 Å². The number of carboxylic acid groups (broad SMARTS) is 1. The molecule has 0 amide bonds. The third-order valence-electron chi connectivity index (χ3n) is 2.90. The van der Waals surface area contributed by atoms with Gasteiger partial charge in [-0.25, -0.2) is 9.78 Å². The Balaban J connectivity index is 1.96. The summed E-state index contributed by atoms with van der Waals surface area (Å²) in [5, 5.41) is 12.1. The number of carbonyl (C=O) groups is 1. The molecule has 2 N–H and O–H groups in total. The Bertz CT molecular complexity index is 577.